The van der Waals surface area contributed by atoms with Crippen molar-refractivity contribution in [3.8, 4) is 16.9 Å². The number of nitrogens with zero attached hydrogens (tertiary/aromatic N) is 3. The predicted molar refractivity (Wildman–Crippen MR) is 104 cm³/mol. The van der Waals surface area contributed by atoms with E-state index >= 15 is 0 Å². The lowest BCUT2D eigenvalue weighted by atomic mass is 10.1. The molecule has 30 heavy (non-hydrogen) atoms. The Hall–Kier alpha value is -3.62. The van der Waals surface area contributed by atoms with Crippen LogP contribution in [0.2, 0.25) is 0 Å². The average molecular weight is 416 g/mol. The summed E-state index contributed by atoms with van der Waals surface area (Å²) in [6.45, 7) is 1.67. The normalized spacial score (nSPS) is 11.7. The standard InChI is InChI=1S/C21H16F4N4O/c1-12-10-17(27-15-4-3-5-16(11-15)30-2)29-20(26-12)18(19(28-29)21(23,24)25)13-6-8-14(22)9-7-13/h3-11,27H,1-2H3. The maximum atomic E-state index is 13.8. The Bertz CT molecular complexity index is 1220. The lowest BCUT2D eigenvalue weighted by Gasteiger charge is -2.11. The zero-order chi connectivity index (χ0) is 21.5. The van der Waals surface area contributed by atoms with Crippen LogP contribution in [0.1, 0.15) is 11.4 Å². The minimum Gasteiger partial charge on any atom is -0.497 e. The Labute approximate surface area is 168 Å². The second-order valence-corrected chi connectivity index (χ2v) is 6.60. The number of nitrogens with one attached hydrogen (secondary N) is 1. The Morgan fingerprint density at radius 3 is 2.43 bits per heavy atom. The summed E-state index contributed by atoms with van der Waals surface area (Å²) in [5.41, 5.74) is -0.0252. The first kappa shape index (κ1) is 19.7. The number of aromatic nitrogens is 3. The van der Waals surface area contributed by atoms with Crippen LogP contribution in [0.4, 0.5) is 29.1 Å². The van der Waals surface area contributed by atoms with Gasteiger partial charge in [0.15, 0.2) is 11.3 Å². The summed E-state index contributed by atoms with van der Waals surface area (Å²) in [6, 6.07) is 13.3. The monoisotopic (exact) mass is 416 g/mol. The van der Waals surface area contributed by atoms with Gasteiger partial charge in [-0.15, -0.1) is 0 Å². The van der Waals surface area contributed by atoms with Gasteiger partial charge in [0.2, 0.25) is 0 Å². The predicted octanol–water partition coefficient (Wildman–Crippen LogP) is 5.61. The van der Waals surface area contributed by atoms with Gasteiger partial charge in [0.25, 0.3) is 0 Å². The minimum atomic E-state index is -4.72. The number of anilines is 2. The van der Waals surface area contributed by atoms with Crippen LogP contribution in [0.25, 0.3) is 16.8 Å². The number of fused-ring (bicyclic) bond motifs is 1. The average Bonchev–Trinajstić information content (AvgIpc) is 3.09. The van der Waals surface area contributed by atoms with Gasteiger partial charge in [-0.2, -0.15) is 22.8 Å². The number of methoxy groups -OCH3 is 1. The zero-order valence-electron chi connectivity index (χ0n) is 16.0. The van der Waals surface area contributed by atoms with Gasteiger partial charge in [0.1, 0.15) is 17.4 Å². The number of alkyl halides is 3. The van der Waals surface area contributed by atoms with Gasteiger partial charge < -0.3 is 10.1 Å². The number of rotatable bonds is 4. The van der Waals surface area contributed by atoms with E-state index in [0.717, 1.165) is 16.6 Å². The highest BCUT2D eigenvalue weighted by Crippen LogP contribution is 2.39. The van der Waals surface area contributed by atoms with Crippen molar-refractivity contribution in [1.82, 2.24) is 14.6 Å². The van der Waals surface area contributed by atoms with Crippen molar-refractivity contribution in [2.75, 3.05) is 12.4 Å². The van der Waals surface area contributed by atoms with E-state index in [9.17, 15) is 17.6 Å². The minimum absolute atomic E-state index is 0.0133. The Balaban J connectivity index is 1.94. The Morgan fingerprint density at radius 1 is 1.03 bits per heavy atom. The van der Waals surface area contributed by atoms with Gasteiger partial charge in [-0.1, -0.05) is 18.2 Å². The molecule has 0 atom stereocenters. The highest BCUT2D eigenvalue weighted by atomic mass is 19.4. The fourth-order valence-corrected chi connectivity index (χ4v) is 3.16. The van der Waals surface area contributed by atoms with Crippen molar-refractivity contribution in [3.05, 3.63) is 71.8 Å². The maximum absolute atomic E-state index is 13.8. The van der Waals surface area contributed by atoms with Gasteiger partial charge in [0.05, 0.1) is 12.7 Å². The van der Waals surface area contributed by atoms with Gasteiger partial charge in [-0.3, -0.25) is 0 Å². The fourth-order valence-electron chi connectivity index (χ4n) is 3.16. The number of benzene rings is 2. The SMILES string of the molecule is COc1cccc(Nc2cc(C)nc3c(-c4ccc(F)cc4)c(C(F)(F)F)nn23)c1. The third-order valence-electron chi connectivity index (χ3n) is 4.46. The molecule has 0 spiro atoms. The molecule has 9 heteroatoms. The van der Waals surface area contributed by atoms with Crippen molar-refractivity contribution in [3.63, 3.8) is 0 Å². The second kappa shape index (κ2) is 7.33. The molecule has 1 N–H and O–H groups in total. The first-order valence-corrected chi connectivity index (χ1v) is 8.91. The van der Waals surface area contributed by atoms with E-state index < -0.39 is 17.7 Å². The molecule has 0 bridgehead atoms. The molecule has 0 fully saturated rings. The topological polar surface area (TPSA) is 51.5 Å². The number of hydrogen-bond acceptors (Lipinski definition) is 4. The number of aryl methyl sites for hydroxylation is 1. The molecule has 0 amide bonds. The molecule has 2 aromatic heterocycles. The molecular formula is C21H16F4N4O. The molecule has 0 saturated heterocycles. The summed E-state index contributed by atoms with van der Waals surface area (Å²) in [5, 5.41) is 6.87. The molecule has 0 aliphatic carbocycles. The number of halogens is 4. The summed E-state index contributed by atoms with van der Waals surface area (Å²) in [6.07, 6.45) is -4.72. The highest BCUT2D eigenvalue weighted by Gasteiger charge is 2.39. The maximum Gasteiger partial charge on any atom is 0.435 e. The van der Waals surface area contributed by atoms with E-state index in [1.807, 2.05) is 0 Å². The van der Waals surface area contributed by atoms with E-state index in [0.29, 0.717) is 22.9 Å². The van der Waals surface area contributed by atoms with Crippen LogP contribution in [0.15, 0.2) is 54.6 Å². The molecule has 4 aromatic rings. The molecule has 0 saturated carbocycles. The molecular weight excluding hydrogens is 400 g/mol. The summed E-state index contributed by atoms with van der Waals surface area (Å²) >= 11 is 0. The van der Waals surface area contributed by atoms with Crippen LogP contribution in [-0.2, 0) is 6.18 Å². The lowest BCUT2D eigenvalue weighted by Crippen LogP contribution is -2.08. The first-order chi connectivity index (χ1) is 14.3. The number of ether oxygens (including phenoxy) is 1. The van der Waals surface area contributed by atoms with E-state index in [2.05, 4.69) is 15.4 Å². The van der Waals surface area contributed by atoms with Crippen LogP contribution in [0, 0.1) is 12.7 Å². The van der Waals surface area contributed by atoms with Gasteiger partial charge in [-0.25, -0.2) is 9.37 Å². The van der Waals surface area contributed by atoms with Crippen molar-refractivity contribution in [2.45, 2.75) is 13.1 Å². The van der Waals surface area contributed by atoms with Gasteiger partial charge in [0, 0.05) is 23.5 Å². The summed E-state index contributed by atoms with van der Waals surface area (Å²) < 4.78 is 61.0. The van der Waals surface area contributed by atoms with Crippen LogP contribution in [0.3, 0.4) is 0 Å². The fraction of sp³-hybridized carbons (Fsp3) is 0.143. The van der Waals surface area contributed by atoms with E-state index in [1.54, 1.807) is 37.3 Å². The summed E-state index contributed by atoms with van der Waals surface area (Å²) in [5.74, 6) is 0.336. The molecule has 0 unspecified atom stereocenters. The first-order valence-electron chi connectivity index (χ1n) is 8.91. The molecule has 5 nitrogen and oxygen atoms in total. The third kappa shape index (κ3) is 3.66. The van der Waals surface area contributed by atoms with E-state index in [1.165, 1.54) is 19.2 Å². The van der Waals surface area contributed by atoms with Crippen LogP contribution < -0.4 is 10.1 Å². The summed E-state index contributed by atoms with van der Waals surface area (Å²) in [7, 11) is 1.52. The molecule has 0 aliphatic heterocycles. The van der Waals surface area contributed by atoms with E-state index in [-0.39, 0.29) is 16.8 Å². The summed E-state index contributed by atoms with van der Waals surface area (Å²) in [4.78, 5) is 4.29. The zero-order valence-corrected chi connectivity index (χ0v) is 16.0. The Kier molecular flexibility index (Phi) is 4.81. The van der Waals surface area contributed by atoms with Crippen molar-refractivity contribution < 1.29 is 22.3 Å². The third-order valence-corrected chi connectivity index (χ3v) is 4.46. The molecule has 0 aliphatic rings. The van der Waals surface area contributed by atoms with Crippen molar-refractivity contribution >= 4 is 17.2 Å². The molecule has 154 valence electrons. The molecule has 2 aromatic carbocycles. The second-order valence-electron chi connectivity index (χ2n) is 6.60. The largest absolute Gasteiger partial charge is 0.497 e. The van der Waals surface area contributed by atoms with Crippen molar-refractivity contribution in [2.24, 2.45) is 0 Å². The van der Waals surface area contributed by atoms with E-state index in [4.69, 9.17) is 4.74 Å². The van der Waals surface area contributed by atoms with Gasteiger partial charge >= 0.3 is 6.18 Å². The number of hydrogen-bond donors (Lipinski definition) is 1. The molecule has 4 rings (SSSR count). The van der Waals surface area contributed by atoms with Crippen molar-refractivity contribution in [1.29, 1.82) is 0 Å². The molecule has 2 heterocycles. The smallest absolute Gasteiger partial charge is 0.435 e. The molecule has 0 radical (unpaired) electrons. The van der Waals surface area contributed by atoms with Crippen LogP contribution >= 0.6 is 0 Å². The van der Waals surface area contributed by atoms with Crippen LogP contribution in [0.5, 0.6) is 5.75 Å². The highest BCUT2D eigenvalue weighted by molar-refractivity contribution is 5.82. The Morgan fingerprint density at radius 2 is 1.77 bits per heavy atom. The quantitative estimate of drug-likeness (QED) is 0.439. The van der Waals surface area contributed by atoms with Crippen LogP contribution in [-0.4, -0.2) is 21.7 Å². The van der Waals surface area contributed by atoms with Gasteiger partial charge in [-0.05, 0) is 36.8 Å². The lowest BCUT2D eigenvalue weighted by molar-refractivity contribution is -0.140.